The van der Waals surface area contributed by atoms with Gasteiger partial charge in [-0.2, -0.15) is 0 Å². The number of guanidine groups is 1. The number of nitrogens with one attached hydrogen (secondary N) is 2. The van der Waals surface area contributed by atoms with Crippen LogP contribution in [0, 0.1) is 0 Å². The molecule has 4 nitrogen and oxygen atoms in total. The quantitative estimate of drug-likeness (QED) is 0.461. The number of para-hydroxylation sites is 1. The molecule has 4 heteroatoms. The van der Waals surface area contributed by atoms with Gasteiger partial charge in [-0.1, -0.05) is 18.2 Å². The van der Waals surface area contributed by atoms with Crippen LogP contribution in [0.15, 0.2) is 35.3 Å². The summed E-state index contributed by atoms with van der Waals surface area (Å²) >= 11 is 0. The molecule has 0 saturated heterocycles. The Bertz CT molecular complexity index is 349. The number of rotatable bonds is 6. The second-order valence-corrected chi connectivity index (χ2v) is 4.22. The van der Waals surface area contributed by atoms with Gasteiger partial charge in [0.1, 0.15) is 12.4 Å². The maximum atomic E-state index is 5.58. The van der Waals surface area contributed by atoms with Gasteiger partial charge in [-0.15, -0.1) is 0 Å². The van der Waals surface area contributed by atoms with E-state index in [1.807, 2.05) is 30.3 Å². The van der Waals surface area contributed by atoms with Crippen molar-refractivity contribution in [3.63, 3.8) is 0 Å². The molecule has 0 amide bonds. The molecule has 0 atom stereocenters. The van der Waals surface area contributed by atoms with E-state index >= 15 is 0 Å². The zero-order valence-corrected chi connectivity index (χ0v) is 11.4. The van der Waals surface area contributed by atoms with Crippen LogP contribution < -0.4 is 15.4 Å². The highest BCUT2D eigenvalue weighted by Gasteiger charge is 1.98. The van der Waals surface area contributed by atoms with Crippen molar-refractivity contribution in [3.05, 3.63) is 30.3 Å². The molecule has 0 aliphatic carbocycles. The van der Waals surface area contributed by atoms with Crippen molar-refractivity contribution in [3.8, 4) is 5.75 Å². The molecule has 18 heavy (non-hydrogen) atoms. The molecule has 1 aromatic carbocycles. The molecule has 0 aromatic heterocycles. The van der Waals surface area contributed by atoms with Crippen LogP contribution >= 0.6 is 0 Å². The zero-order valence-electron chi connectivity index (χ0n) is 11.4. The third-order valence-electron chi connectivity index (χ3n) is 2.14. The van der Waals surface area contributed by atoms with Crippen molar-refractivity contribution in [2.75, 3.05) is 19.7 Å². The minimum Gasteiger partial charge on any atom is -0.492 e. The Kier molecular flexibility index (Phi) is 6.69. The van der Waals surface area contributed by atoms with Crippen LogP contribution in [0.2, 0.25) is 0 Å². The zero-order chi connectivity index (χ0) is 13.2. The first-order valence-electron chi connectivity index (χ1n) is 6.45. The Hall–Kier alpha value is -1.71. The van der Waals surface area contributed by atoms with Gasteiger partial charge in [0.2, 0.25) is 0 Å². The molecule has 1 rings (SSSR count). The predicted octanol–water partition coefficient (Wildman–Crippen LogP) is 2.03. The molecule has 1 aromatic rings. The first-order valence-corrected chi connectivity index (χ1v) is 6.45. The van der Waals surface area contributed by atoms with Crippen LogP contribution in [0.25, 0.3) is 0 Å². The molecule has 0 radical (unpaired) electrons. The summed E-state index contributed by atoms with van der Waals surface area (Å²) in [7, 11) is 0. The predicted molar refractivity (Wildman–Crippen MR) is 76.2 cm³/mol. The Morgan fingerprint density at radius 2 is 2.00 bits per heavy atom. The fraction of sp³-hybridized carbons (Fsp3) is 0.500. The number of benzene rings is 1. The molecular formula is C14H23N3O. The lowest BCUT2D eigenvalue weighted by molar-refractivity contribution is 0.328. The van der Waals surface area contributed by atoms with E-state index in [9.17, 15) is 0 Å². The van der Waals surface area contributed by atoms with E-state index in [0.717, 1.165) is 18.3 Å². The molecule has 0 unspecified atom stereocenters. The summed E-state index contributed by atoms with van der Waals surface area (Å²) in [6, 6.07) is 10.2. The highest BCUT2D eigenvalue weighted by atomic mass is 16.5. The molecule has 100 valence electrons. The van der Waals surface area contributed by atoms with Crippen LogP contribution in [-0.2, 0) is 0 Å². The summed E-state index contributed by atoms with van der Waals surface area (Å²) in [6.07, 6.45) is 0. The van der Waals surface area contributed by atoms with E-state index < -0.39 is 0 Å². The van der Waals surface area contributed by atoms with Gasteiger partial charge in [0.25, 0.3) is 0 Å². The van der Waals surface area contributed by atoms with E-state index in [0.29, 0.717) is 19.2 Å². The van der Waals surface area contributed by atoms with Gasteiger partial charge in [-0.25, -0.2) is 4.99 Å². The third-order valence-corrected chi connectivity index (χ3v) is 2.14. The summed E-state index contributed by atoms with van der Waals surface area (Å²) in [5.41, 5.74) is 0. The Balaban J connectivity index is 2.32. The minimum atomic E-state index is 0.373. The number of nitrogens with zero attached hydrogens (tertiary/aromatic N) is 1. The van der Waals surface area contributed by atoms with Gasteiger partial charge in [-0.05, 0) is 32.9 Å². The standard InChI is InChI=1S/C14H23N3O/c1-4-15-14(17-12(2)3)16-10-11-18-13-8-6-5-7-9-13/h5-9,12H,4,10-11H2,1-3H3,(H2,15,16,17). The summed E-state index contributed by atoms with van der Waals surface area (Å²) in [4.78, 5) is 4.44. The molecular weight excluding hydrogens is 226 g/mol. The topological polar surface area (TPSA) is 45.7 Å². The Morgan fingerprint density at radius 1 is 1.28 bits per heavy atom. The Morgan fingerprint density at radius 3 is 2.61 bits per heavy atom. The molecule has 0 saturated carbocycles. The van der Waals surface area contributed by atoms with E-state index in [-0.39, 0.29) is 0 Å². The van der Waals surface area contributed by atoms with Crippen molar-refractivity contribution in [1.82, 2.24) is 10.6 Å². The van der Waals surface area contributed by atoms with Gasteiger partial charge >= 0.3 is 0 Å². The van der Waals surface area contributed by atoms with Crippen molar-refractivity contribution in [2.45, 2.75) is 26.8 Å². The Labute approximate surface area is 109 Å². The maximum absolute atomic E-state index is 5.58. The van der Waals surface area contributed by atoms with Crippen LogP contribution in [0.1, 0.15) is 20.8 Å². The minimum absolute atomic E-state index is 0.373. The average Bonchev–Trinajstić information content (AvgIpc) is 2.35. The normalized spacial score (nSPS) is 11.4. The smallest absolute Gasteiger partial charge is 0.191 e. The highest BCUT2D eigenvalue weighted by molar-refractivity contribution is 5.79. The number of ether oxygens (including phenoxy) is 1. The van der Waals surface area contributed by atoms with Crippen LogP contribution in [0.5, 0.6) is 5.75 Å². The van der Waals surface area contributed by atoms with Gasteiger partial charge in [0.05, 0.1) is 6.54 Å². The van der Waals surface area contributed by atoms with E-state index in [4.69, 9.17) is 4.74 Å². The fourth-order valence-electron chi connectivity index (χ4n) is 1.43. The van der Waals surface area contributed by atoms with Gasteiger partial charge < -0.3 is 15.4 Å². The molecule has 0 aliphatic rings. The van der Waals surface area contributed by atoms with Gasteiger partial charge in [0, 0.05) is 12.6 Å². The largest absolute Gasteiger partial charge is 0.492 e. The summed E-state index contributed by atoms with van der Waals surface area (Å²) in [5.74, 6) is 1.72. The highest BCUT2D eigenvalue weighted by Crippen LogP contribution is 2.07. The van der Waals surface area contributed by atoms with Crippen molar-refractivity contribution in [2.24, 2.45) is 4.99 Å². The van der Waals surface area contributed by atoms with Crippen LogP contribution in [-0.4, -0.2) is 31.7 Å². The summed E-state index contributed by atoms with van der Waals surface area (Å²) < 4.78 is 5.58. The molecule has 0 bridgehead atoms. The van der Waals surface area contributed by atoms with Gasteiger partial charge in [0.15, 0.2) is 5.96 Å². The van der Waals surface area contributed by atoms with Crippen LogP contribution in [0.4, 0.5) is 0 Å². The van der Waals surface area contributed by atoms with E-state index in [2.05, 4.69) is 36.4 Å². The fourth-order valence-corrected chi connectivity index (χ4v) is 1.43. The number of hydrogen-bond acceptors (Lipinski definition) is 2. The second-order valence-electron chi connectivity index (χ2n) is 4.22. The molecule has 0 fully saturated rings. The number of aliphatic imine (C=N–C) groups is 1. The maximum Gasteiger partial charge on any atom is 0.191 e. The van der Waals surface area contributed by atoms with Crippen molar-refractivity contribution in [1.29, 1.82) is 0 Å². The van der Waals surface area contributed by atoms with Crippen molar-refractivity contribution < 1.29 is 4.74 Å². The lowest BCUT2D eigenvalue weighted by atomic mass is 10.3. The molecule has 0 heterocycles. The number of hydrogen-bond donors (Lipinski definition) is 2. The first-order chi connectivity index (χ1) is 8.72. The van der Waals surface area contributed by atoms with E-state index in [1.165, 1.54) is 0 Å². The summed E-state index contributed by atoms with van der Waals surface area (Å²) in [5, 5.41) is 6.46. The SMILES string of the molecule is CCNC(=NCCOc1ccccc1)NC(C)C. The first kappa shape index (κ1) is 14.4. The molecule has 2 N–H and O–H groups in total. The third kappa shape index (κ3) is 6.13. The molecule has 0 aliphatic heterocycles. The summed E-state index contributed by atoms with van der Waals surface area (Å²) in [6.45, 7) is 8.31. The van der Waals surface area contributed by atoms with Crippen molar-refractivity contribution >= 4 is 5.96 Å². The van der Waals surface area contributed by atoms with E-state index in [1.54, 1.807) is 0 Å². The van der Waals surface area contributed by atoms with Gasteiger partial charge in [-0.3, -0.25) is 0 Å². The average molecular weight is 249 g/mol. The molecule has 0 spiro atoms. The van der Waals surface area contributed by atoms with Crippen LogP contribution in [0.3, 0.4) is 0 Å². The monoisotopic (exact) mass is 249 g/mol. The lowest BCUT2D eigenvalue weighted by Crippen LogP contribution is -2.41. The second kappa shape index (κ2) is 8.39. The lowest BCUT2D eigenvalue weighted by Gasteiger charge is -2.14.